The first-order valence-electron chi connectivity index (χ1n) is 6.95. The zero-order valence-corrected chi connectivity index (χ0v) is 12.8. The molecule has 110 valence electrons. The van der Waals surface area contributed by atoms with Gasteiger partial charge in [0.25, 0.3) is 11.5 Å². The molecule has 0 aliphatic rings. The third-order valence-corrected chi connectivity index (χ3v) is 3.64. The Morgan fingerprint density at radius 2 is 1.81 bits per heavy atom. The predicted molar refractivity (Wildman–Crippen MR) is 84.3 cm³/mol. The van der Waals surface area contributed by atoms with Crippen molar-refractivity contribution >= 4 is 5.91 Å². The van der Waals surface area contributed by atoms with Gasteiger partial charge in [0.2, 0.25) is 0 Å². The molecule has 2 rings (SSSR count). The molecule has 0 saturated carbocycles. The molecule has 0 fully saturated rings. The van der Waals surface area contributed by atoms with Gasteiger partial charge >= 0.3 is 0 Å². The number of hydrogen-bond donors (Lipinski definition) is 0. The van der Waals surface area contributed by atoms with Crippen molar-refractivity contribution in [3.63, 3.8) is 0 Å². The number of amides is 1. The number of nitrogens with zero attached hydrogens (tertiary/aromatic N) is 2. The van der Waals surface area contributed by atoms with Gasteiger partial charge in [-0.1, -0.05) is 30.3 Å². The summed E-state index contributed by atoms with van der Waals surface area (Å²) in [6.45, 7) is 3.92. The van der Waals surface area contributed by atoms with E-state index in [2.05, 4.69) is 0 Å². The quantitative estimate of drug-likeness (QED) is 0.869. The Morgan fingerprint density at radius 3 is 2.38 bits per heavy atom. The molecule has 1 aromatic carbocycles. The summed E-state index contributed by atoms with van der Waals surface area (Å²) in [5.74, 6) is -0.0838. The van der Waals surface area contributed by atoms with Crippen molar-refractivity contribution in [2.45, 2.75) is 19.9 Å². The number of rotatable bonds is 3. The van der Waals surface area contributed by atoms with E-state index in [1.807, 2.05) is 44.2 Å². The second-order valence-electron chi connectivity index (χ2n) is 5.43. The summed E-state index contributed by atoms with van der Waals surface area (Å²) in [5, 5.41) is 0. The van der Waals surface area contributed by atoms with Crippen LogP contribution in [0.15, 0.2) is 47.4 Å². The minimum absolute atomic E-state index is 0.0838. The van der Waals surface area contributed by atoms with E-state index in [1.54, 1.807) is 25.2 Å². The molecule has 0 bridgehead atoms. The topological polar surface area (TPSA) is 42.3 Å². The van der Waals surface area contributed by atoms with Gasteiger partial charge in [0.05, 0.1) is 5.56 Å². The summed E-state index contributed by atoms with van der Waals surface area (Å²) in [5.41, 5.74) is 1.96. The molecular weight excluding hydrogens is 264 g/mol. The fraction of sp³-hybridized carbons (Fsp3) is 0.294. The van der Waals surface area contributed by atoms with Crippen LogP contribution < -0.4 is 5.56 Å². The van der Waals surface area contributed by atoms with Crippen LogP contribution in [0.4, 0.5) is 0 Å². The first kappa shape index (κ1) is 15.0. The van der Waals surface area contributed by atoms with Crippen molar-refractivity contribution in [3.8, 4) is 11.1 Å². The summed E-state index contributed by atoms with van der Waals surface area (Å²) < 4.78 is 1.44. The second-order valence-corrected chi connectivity index (χ2v) is 5.43. The van der Waals surface area contributed by atoms with E-state index < -0.39 is 0 Å². The molecule has 0 spiro atoms. The fourth-order valence-electron chi connectivity index (χ4n) is 2.08. The molecule has 4 heteroatoms. The minimum Gasteiger partial charge on any atom is -0.339 e. The highest BCUT2D eigenvalue weighted by atomic mass is 16.2. The molecular formula is C17H20N2O2. The molecule has 0 saturated heterocycles. The lowest BCUT2D eigenvalue weighted by molar-refractivity contribution is 0.0755. The minimum atomic E-state index is -0.127. The van der Waals surface area contributed by atoms with Crippen molar-refractivity contribution in [2.75, 3.05) is 7.05 Å². The number of hydrogen-bond acceptors (Lipinski definition) is 2. The van der Waals surface area contributed by atoms with Crippen LogP contribution in [-0.4, -0.2) is 28.5 Å². The van der Waals surface area contributed by atoms with E-state index in [-0.39, 0.29) is 17.5 Å². The van der Waals surface area contributed by atoms with Gasteiger partial charge in [0.15, 0.2) is 0 Å². The van der Waals surface area contributed by atoms with E-state index in [0.29, 0.717) is 11.1 Å². The van der Waals surface area contributed by atoms with E-state index in [9.17, 15) is 9.59 Å². The summed E-state index contributed by atoms with van der Waals surface area (Å²) in [6.07, 6.45) is 1.62. The molecule has 2 aromatic rings. The maximum atomic E-state index is 12.7. The molecule has 1 heterocycles. The van der Waals surface area contributed by atoms with E-state index in [1.165, 1.54) is 10.6 Å². The third-order valence-electron chi connectivity index (χ3n) is 3.64. The molecule has 21 heavy (non-hydrogen) atoms. The third kappa shape index (κ3) is 3.05. The molecule has 1 aromatic heterocycles. The van der Waals surface area contributed by atoms with Crippen molar-refractivity contribution in [2.24, 2.45) is 7.05 Å². The Morgan fingerprint density at radius 1 is 1.19 bits per heavy atom. The standard InChI is InChI=1S/C17H20N2O2/c1-12(2)19(4)17(21)15-11-18(3)16(20)10-14(15)13-8-6-5-7-9-13/h5-12H,1-4H3. The molecule has 0 aliphatic carbocycles. The average Bonchev–Trinajstić information content (AvgIpc) is 2.48. The molecule has 0 unspecified atom stereocenters. The van der Waals surface area contributed by atoms with Gasteiger partial charge in [-0.05, 0) is 19.4 Å². The number of benzene rings is 1. The zero-order valence-electron chi connectivity index (χ0n) is 12.8. The van der Waals surface area contributed by atoms with Crippen molar-refractivity contribution < 1.29 is 4.79 Å². The average molecular weight is 284 g/mol. The van der Waals surface area contributed by atoms with Gasteiger partial charge in [-0.3, -0.25) is 9.59 Å². The Balaban J connectivity index is 2.62. The van der Waals surface area contributed by atoms with Crippen LogP contribution in [0.1, 0.15) is 24.2 Å². The molecule has 0 atom stereocenters. The monoisotopic (exact) mass is 284 g/mol. The number of aromatic nitrogens is 1. The Bertz CT molecular complexity index is 702. The van der Waals surface area contributed by atoms with Crippen LogP contribution in [0.5, 0.6) is 0 Å². The zero-order chi connectivity index (χ0) is 15.6. The van der Waals surface area contributed by atoms with Gasteiger partial charge < -0.3 is 9.47 Å². The summed E-state index contributed by atoms with van der Waals surface area (Å²) in [4.78, 5) is 26.3. The first-order chi connectivity index (χ1) is 9.91. The number of carbonyl (C=O) groups is 1. The van der Waals surface area contributed by atoms with Crippen LogP contribution in [0, 0.1) is 0 Å². The Kier molecular flexibility index (Phi) is 4.26. The van der Waals surface area contributed by atoms with Gasteiger partial charge in [0.1, 0.15) is 0 Å². The highest BCUT2D eigenvalue weighted by Crippen LogP contribution is 2.23. The summed E-state index contributed by atoms with van der Waals surface area (Å²) >= 11 is 0. The normalized spacial score (nSPS) is 10.7. The second kappa shape index (κ2) is 5.95. The predicted octanol–water partition coefficient (Wildman–Crippen LogP) is 2.53. The van der Waals surface area contributed by atoms with E-state index in [0.717, 1.165) is 5.56 Å². The molecule has 0 aliphatic heterocycles. The summed E-state index contributed by atoms with van der Waals surface area (Å²) in [7, 11) is 3.43. The highest BCUT2D eigenvalue weighted by molar-refractivity contribution is 6.00. The van der Waals surface area contributed by atoms with Crippen LogP contribution in [-0.2, 0) is 7.05 Å². The molecule has 0 N–H and O–H groups in total. The first-order valence-corrected chi connectivity index (χ1v) is 6.95. The fourth-order valence-corrected chi connectivity index (χ4v) is 2.08. The number of pyridine rings is 1. The smallest absolute Gasteiger partial charge is 0.255 e. The lowest BCUT2D eigenvalue weighted by atomic mass is 10.0. The number of carbonyl (C=O) groups excluding carboxylic acids is 1. The Hall–Kier alpha value is -2.36. The number of aryl methyl sites for hydroxylation is 1. The van der Waals surface area contributed by atoms with Gasteiger partial charge in [-0.25, -0.2) is 0 Å². The summed E-state index contributed by atoms with van der Waals surface area (Å²) in [6, 6.07) is 11.1. The largest absolute Gasteiger partial charge is 0.339 e. The van der Waals surface area contributed by atoms with Crippen LogP contribution in [0.2, 0.25) is 0 Å². The van der Waals surface area contributed by atoms with Crippen LogP contribution in [0.3, 0.4) is 0 Å². The molecule has 4 nitrogen and oxygen atoms in total. The van der Waals surface area contributed by atoms with Crippen molar-refractivity contribution in [1.29, 1.82) is 0 Å². The van der Waals surface area contributed by atoms with E-state index in [4.69, 9.17) is 0 Å². The lowest BCUT2D eigenvalue weighted by Crippen LogP contribution is -2.34. The van der Waals surface area contributed by atoms with Crippen LogP contribution >= 0.6 is 0 Å². The highest BCUT2D eigenvalue weighted by Gasteiger charge is 2.19. The van der Waals surface area contributed by atoms with Crippen molar-refractivity contribution in [1.82, 2.24) is 9.47 Å². The maximum Gasteiger partial charge on any atom is 0.255 e. The molecule has 1 amide bonds. The lowest BCUT2D eigenvalue weighted by Gasteiger charge is -2.23. The van der Waals surface area contributed by atoms with Gasteiger partial charge in [-0.2, -0.15) is 0 Å². The van der Waals surface area contributed by atoms with Crippen molar-refractivity contribution in [3.05, 3.63) is 58.5 Å². The Labute approximate surface area is 124 Å². The molecule has 0 radical (unpaired) electrons. The SMILES string of the molecule is CC(C)N(C)C(=O)c1cn(C)c(=O)cc1-c1ccccc1. The van der Waals surface area contributed by atoms with E-state index >= 15 is 0 Å². The van der Waals surface area contributed by atoms with Gasteiger partial charge in [-0.15, -0.1) is 0 Å². The maximum absolute atomic E-state index is 12.7. The van der Waals surface area contributed by atoms with Gasteiger partial charge in [0, 0.05) is 38.0 Å². The van der Waals surface area contributed by atoms with Crippen LogP contribution in [0.25, 0.3) is 11.1 Å².